The number of para-hydroxylation sites is 3. The van der Waals surface area contributed by atoms with Crippen molar-refractivity contribution in [3.63, 3.8) is 0 Å². The molecule has 2 heteroatoms. The Bertz CT molecular complexity index is 2030. The van der Waals surface area contributed by atoms with Crippen LogP contribution in [0.1, 0.15) is 25.0 Å². The minimum absolute atomic E-state index is 0.124. The second-order valence-corrected chi connectivity index (χ2v) is 11.5. The Hall–Kier alpha value is -5.08. The molecule has 0 aliphatic heterocycles. The Balaban J connectivity index is 1.33. The van der Waals surface area contributed by atoms with E-state index in [1.807, 2.05) is 0 Å². The molecule has 1 aliphatic carbocycles. The van der Waals surface area contributed by atoms with Crippen LogP contribution in [0.25, 0.3) is 49.7 Å². The first-order valence-electron chi connectivity index (χ1n) is 14.3. The van der Waals surface area contributed by atoms with Gasteiger partial charge in [0.15, 0.2) is 0 Å². The second-order valence-electron chi connectivity index (χ2n) is 11.5. The Morgan fingerprint density at radius 1 is 0.537 bits per heavy atom. The number of hydrogen-bond donors (Lipinski definition) is 1. The molecule has 0 atom stereocenters. The zero-order valence-corrected chi connectivity index (χ0v) is 23.2. The number of benzene rings is 6. The molecule has 7 aromatic rings. The SMILES string of the molecule is CC1(C)c2ccccc2-c2ccc(Nc3ccccc3)c(-c3ccc(-n4c5ccccc5c5ccccc54)cc3)c21. The normalized spacial score (nSPS) is 13.3. The first-order valence-corrected chi connectivity index (χ1v) is 14.3. The number of anilines is 2. The van der Waals surface area contributed by atoms with Gasteiger partial charge in [0.25, 0.3) is 0 Å². The fraction of sp³-hybridized carbons (Fsp3) is 0.0769. The summed E-state index contributed by atoms with van der Waals surface area (Å²) in [6.45, 7) is 4.72. The van der Waals surface area contributed by atoms with Crippen molar-refractivity contribution in [3.05, 3.63) is 151 Å². The van der Waals surface area contributed by atoms with Crippen molar-refractivity contribution < 1.29 is 0 Å². The number of rotatable bonds is 4. The van der Waals surface area contributed by atoms with Crippen molar-refractivity contribution in [3.8, 4) is 27.9 Å². The topological polar surface area (TPSA) is 17.0 Å². The van der Waals surface area contributed by atoms with Crippen molar-refractivity contribution in [2.24, 2.45) is 0 Å². The number of hydrogen-bond acceptors (Lipinski definition) is 1. The molecule has 2 nitrogen and oxygen atoms in total. The van der Waals surface area contributed by atoms with Gasteiger partial charge in [0.1, 0.15) is 0 Å². The van der Waals surface area contributed by atoms with E-state index >= 15 is 0 Å². The highest BCUT2D eigenvalue weighted by Gasteiger charge is 2.38. The average molecular weight is 527 g/mol. The van der Waals surface area contributed by atoms with E-state index in [9.17, 15) is 0 Å². The van der Waals surface area contributed by atoms with Gasteiger partial charge in [-0.3, -0.25) is 0 Å². The number of nitrogens with one attached hydrogen (secondary N) is 1. The molecule has 0 bridgehead atoms. The summed E-state index contributed by atoms with van der Waals surface area (Å²) in [5.41, 5.74) is 13.6. The molecule has 0 unspecified atom stereocenters. The maximum atomic E-state index is 3.75. The summed E-state index contributed by atoms with van der Waals surface area (Å²) in [4.78, 5) is 0. The lowest BCUT2D eigenvalue weighted by Crippen LogP contribution is -2.17. The quantitative estimate of drug-likeness (QED) is 0.241. The summed E-state index contributed by atoms with van der Waals surface area (Å²) >= 11 is 0. The first-order chi connectivity index (χ1) is 20.1. The van der Waals surface area contributed by atoms with Crippen LogP contribution in [0.2, 0.25) is 0 Å². The van der Waals surface area contributed by atoms with E-state index in [2.05, 4.69) is 163 Å². The third-order valence-corrected chi connectivity index (χ3v) is 8.77. The maximum Gasteiger partial charge on any atom is 0.0541 e. The zero-order chi connectivity index (χ0) is 27.6. The van der Waals surface area contributed by atoms with Crippen molar-refractivity contribution >= 4 is 33.2 Å². The minimum atomic E-state index is -0.124. The highest BCUT2D eigenvalue weighted by molar-refractivity contribution is 6.09. The van der Waals surface area contributed by atoms with Gasteiger partial charge >= 0.3 is 0 Å². The van der Waals surface area contributed by atoms with Crippen LogP contribution in [-0.2, 0) is 5.41 Å². The third kappa shape index (κ3) is 3.57. The van der Waals surface area contributed by atoms with Crippen LogP contribution < -0.4 is 5.32 Å². The zero-order valence-electron chi connectivity index (χ0n) is 23.2. The molecule has 6 aromatic carbocycles. The molecule has 0 spiro atoms. The van der Waals surface area contributed by atoms with E-state index in [-0.39, 0.29) is 5.41 Å². The van der Waals surface area contributed by atoms with E-state index < -0.39 is 0 Å². The van der Waals surface area contributed by atoms with E-state index in [0.29, 0.717) is 0 Å². The third-order valence-electron chi connectivity index (χ3n) is 8.77. The molecule has 41 heavy (non-hydrogen) atoms. The molecule has 196 valence electrons. The molecular weight excluding hydrogens is 496 g/mol. The highest BCUT2D eigenvalue weighted by Crippen LogP contribution is 2.54. The fourth-order valence-electron chi connectivity index (χ4n) is 6.93. The summed E-state index contributed by atoms with van der Waals surface area (Å²) in [6.07, 6.45) is 0. The monoisotopic (exact) mass is 526 g/mol. The Morgan fingerprint density at radius 2 is 1.15 bits per heavy atom. The van der Waals surface area contributed by atoms with Crippen LogP contribution in [0.15, 0.2) is 140 Å². The molecule has 0 saturated heterocycles. The van der Waals surface area contributed by atoms with Gasteiger partial charge in [0.2, 0.25) is 0 Å². The molecule has 8 rings (SSSR count). The fourth-order valence-corrected chi connectivity index (χ4v) is 6.93. The predicted molar refractivity (Wildman–Crippen MR) is 174 cm³/mol. The molecule has 0 radical (unpaired) electrons. The molecular formula is C39H30N2. The van der Waals surface area contributed by atoms with Gasteiger partial charge in [-0.25, -0.2) is 0 Å². The second kappa shape index (κ2) is 8.97. The van der Waals surface area contributed by atoms with Gasteiger partial charge in [0.05, 0.1) is 11.0 Å². The Kier molecular flexibility index (Phi) is 5.20. The van der Waals surface area contributed by atoms with Gasteiger partial charge in [-0.05, 0) is 70.3 Å². The van der Waals surface area contributed by atoms with E-state index in [1.165, 1.54) is 60.9 Å². The summed E-state index contributed by atoms with van der Waals surface area (Å²) in [7, 11) is 0. The smallest absolute Gasteiger partial charge is 0.0541 e. The van der Waals surface area contributed by atoms with Crippen molar-refractivity contribution in [2.45, 2.75) is 19.3 Å². The number of nitrogens with zero attached hydrogens (tertiary/aromatic N) is 1. The van der Waals surface area contributed by atoms with Crippen LogP contribution in [0, 0.1) is 0 Å². The molecule has 0 fully saturated rings. The number of aromatic nitrogens is 1. The lowest BCUT2D eigenvalue weighted by molar-refractivity contribution is 0.662. The van der Waals surface area contributed by atoms with Gasteiger partial charge in [0, 0.05) is 38.8 Å². The average Bonchev–Trinajstić information content (AvgIpc) is 3.47. The molecule has 0 amide bonds. The maximum absolute atomic E-state index is 3.75. The van der Waals surface area contributed by atoms with Crippen LogP contribution in [0.4, 0.5) is 11.4 Å². The van der Waals surface area contributed by atoms with Gasteiger partial charge < -0.3 is 9.88 Å². The van der Waals surface area contributed by atoms with Crippen molar-refractivity contribution in [1.82, 2.24) is 4.57 Å². The van der Waals surface area contributed by atoms with E-state index in [0.717, 1.165) is 11.4 Å². The minimum Gasteiger partial charge on any atom is -0.355 e. The van der Waals surface area contributed by atoms with Gasteiger partial charge in [-0.1, -0.05) is 111 Å². The summed E-state index contributed by atoms with van der Waals surface area (Å²) in [5, 5.41) is 6.31. The summed E-state index contributed by atoms with van der Waals surface area (Å²) in [6, 6.07) is 50.4. The van der Waals surface area contributed by atoms with E-state index in [1.54, 1.807) is 0 Å². The predicted octanol–water partition coefficient (Wildman–Crippen LogP) is 10.5. The Morgan fingerprint density at radius 3 is 1.85 bits per heavy atom. The number of fused-ring (bicyclic) bond motifs is 6. The largest absolute Gasteiger partial charge is 0.355 e. The van der Waals surface area contributed by atoms with Crippen LogP contribution in [-0.4, -0.2) is 4.57 Å². The van der Waals surface area contributed by atoms with Crippen LogP contribution in [0.5, 0.6) is 0 Å². The molecule has 1 heterocycles. The Labute approximate surface area is 240 Å². The first kappa shape index (κ1) is 23.8. The molecule has 1 aliphatic rings. The standard InChI is InChI=1S/C39H30N2/c1-39(2)33-17-9-6-14-29(33)32-24-25-34(40-27-12-4-3-5-13-27)37(38(32)39)26-20-22-28(23-21-26)41-35-18-10-7-15-30(35)31-16-8-11-19-36(31)41/h3-25,40H,1-2H3. The lowest BCUT2D eigenvalue weighted by atomic mass is 9.78. The molecule has 1 N–H and O–H groups in total. The summed E-state index contributed by atoms with van der Waals surface area (Å²) < 4.78 is 2.38. The van der Waals surface area contributed by atoms with E-state index in [4.69, 9.17) is 0 Å². The van der Waals surface area contributed by atoms with Crippen molar-refractivity contribution in [1.29, 1.82) is 0 Å². The van der Waals surface area contributed by atoms with Crippen LogP contribution >= 0.6 is 0 Å². The van der Waals surface area contributed by atoms with Crippen molar-refractivity contribution in [2.75, 3.05) is 5.32 Å². The van der Waals surface area contributed by atoms with Gasteiger partial charge in [-0.15, -0.1) is 0 Å². The van der Waals surface area contributed by atoms with Gasteiger partial charge in [-0.2, -0.15) is 0 Å². The molecule has 0 saturated carbocycles. The highest BCUT2D eigenvalue weighted by atomic mass is 15.0. The summed E-state index contributed by atoms with van der Waals surface area (Å²) in [5.74, 6) is 0. The lowest BCUT2D eigenvalue weighted by Gasteiger charge is -2.27. The molecule has 1 aromatic heterocycles. The van der Waals surface area contributed by atoms with Crippen LogP contribution in [0.3, 0.4) is 0 Å².